The lowest BCUT2D eigenvalue weighted by molar-refractivity contribution is -0.142. The molecule has 3 aromatic rings. The second-order valence-corrected chi connectivity index (χ2v) is 9.74. The highest BCUT2D eigenvalue weighted by Gasteiger charge is 2.31. The molecule has 0 fully saturated rings. The SMILES string of the molecule is CC(C)C[C@H](NC(=O)OCC1c2ccccc2-c2ccccc21)C(=O)N[C@@H](Cc1ccccc1)C(=O)O. The number of rotatable bonds is 10. The molecule has 2 amide bonds. The summed E-state index contributed by atoms with van der Waals surface area (Å²) in [5, 5.41) is 14.9. The fourth-order valence-corrected chi connectivity index (χ4v) is 4.81. The predicted molar refractivity (Wildman–Crippen MR) is 141 cm³/mol. The van der Waals surface area contributed by atoms with E-state index < -0.39 is 30.1 Å². The molecule has 3 aromatic carbocycles. The van der Waals surface area contributed by atoms with E-state index in [1.54, 1.807) is 0 Å². The molecule has 1 aliphatic carbocycles. The minimum absolute atomic E-state index is 0.0852. The summed E-state index contributed by atoms with van der Waals surface area (Å²) in [6.45, 7) is 3.98. The number of carboxylic acids is 1. The van der Waals surface area contributed by atoms with Crippen molar-refractivity contribution in [2.75, 3.05) is 6.61 Å². The first-order chi connectivity index (χ1) is 17.8. The molecule has 0 spiro atoms. The highest BCUT2D eigenvalue weighted by Crippen LogP contribution is 2.44. The third-order valence-corrected chi connectivity index (χ3v) is 6.56. The zero-order valence-corrected chi connectivity index (χ0v) is 21.0. The smallest absolute Gasteiger partial charge is 0.407 e. The molecule has 1 aliphatic rings. The lowest BCUT2D eigenvalue weighted by Gasteiger charge is -2.23. The minimum atomic E-state index is -1.14. The van der Waals surface area contributed by atoms with Gasteiger partial charge in [0.15, 0.2) is 0 Å². The molecular formula is C30H32N2O5. The number of nitrogens with one attached hydrogen (secondary N) is 2. The number of hydrogen-bond donors (Lipinski definition) is 3. The van der Waals surface area contributed by atoms with Crippen molar-refractivity contribution in [3.05, 3.63) is 95.6 Å². The first-order valence-corrected chi connectivity index (χ1v) is 12.5. The Labute approximate surface area is 216 Å². The van der Waals surface area contributed by atoms with Gasteiger partial charge in [-0.15, -0.1) is 0 Å². The van der Waals surface area contributed by atoms with Crippen LogP contribution in [0.4, 0.5) is 4.79 Å². The van der Waals surface area contributed by atoms with Crippen molar-refractivity contribution in [3.8, 4) is 11.1 Å². The van der Waals surface area contributed by atoms with Gasteiger partial charge in [0.1, 0.15) is 18.7 Å². The number of alkyl carbamates (subject to hydrolysis) is 1. The summed E-state index contributed by atoms with van der Waals surface area (Å²) in [6.07, 6.45) is -0.229. The molecule has 0 aliphatic heterocycles. The molecule has 2 atom stereocenters. The van der Waals surface area contributed by atoms with Gasteiger partial charge in [-0.2, -0.15) is 0 Å². The lowest BCUT2D eigenvalue weighted by Crippen LogP contribution is -2.52. The fraction of sp³-hybridized carbons (Fsp3) is 0.300. The Morgan fingerprint density at radius 2 is 1.38 bits per heavy atom. The zero-order chi connectivity index (χ0) is 26.4. The van der Waals surface area contributed by atoms with Crippen molar-refractivity contribution in [1.82, 2.24) is 10.6 Å². The van der Waals surface area contributed by atoms with Gasteiger partial charge in [0.25, 0.3) is 0 Å². The van der Waals surface area contributed by atoms with Gasteiger partial charge in [-0.1, -0.05) is 92.7 Å². The molecule has 7 heteroatoms. The van der Waals surface area contributed by atoms with Crippen LogP contribution in [0.15, 0.2) is 78.9 Å². The number of hydrogen-bond acceptors (Lipinski definition) is 4. The number of carbonyl (C=O) groups excluding carboxylic acids is 2. The van der Waals surface area contributed by atoms with Crippen molar-refractivity contribution in [1.29, 1.82) is 0 Å². The van der Waals surface area contributed by atoms with E-state index in [2.05, 4.69) is 22.8 Å². The van der Waals surface area contributed by atoms with E-state index >= 15 is 0 Å². The second kappa shape index (κ2) is 11.7. The quantitative estimate of drug-likeness (QED) is 0.373. The van der Waals surface area contributed by atoms with Crippen LogP contribution in [0.3, 0.4) is 0 Å². The first kappa shape index (κ1) is 25.9. The second-order valence-electron chi connectivity index (χ2n) is 9.74. The molecule has 0 saturated carbocycles. The molecule has 0 aromatic heterocycles. The summed E-state index contributed by atoms with van der Waals surface area (Å²) in [7, 11) is 0. The number of carbonyl (C=O) groups is 3. The van der Waals surface area contributed by atoms with Crippen LogP contribution in [-0.4, -0.2) is 41.8 Å². The van der Waals surface area contributed by atoms with E-state index in [0.717, 1.165) is 27.8 Å². The normalized spacial score (nSPS) is 13.8. The Hall–Kier alpha value is -4.13. The van der Waals surface area contributed by atoms with Crippen LogP contribution in [0.2, 0.25) is 0 Å². The first-order valence-electron chi connectivity index (χ1n) is 12.5. The molecule has 7 nitrogen and oxygen atoms in total. The van der Waals surface area contributed by atoms with E-state index in [0.29, 0.717) is 6.42 Å². The topological polar surface area (TPSA) is 105 Å². The van der Waals surface area contributed by atoms with E-state index in [4.69, 9.17) is 4.74 Å². The summed E-state index contributed by atoms with van der Waals surface area (Å²) < 4.78 is 5.60. The van der Waals surface area contributed by atoms with Crippen LogP contribution in [-0.2, 0) is 20.7 Å². The van der Waals surface area contributed by atoms with Gasteiger partial charge in [0, 0.05) is 12.3 Å². The molecule has 0 radical (unpaired) electrons. The molecule has 0 bridgehead atoms. The molecular weight excluding hydrogens is 468 g/mol. The molecule has 0 unspecified atom stereocenters. The van der Waals surface area contributed by atoms with E-state index in [1.807, 2.05) is 80.6 Å². The Morgan fingerprint density at radius 1 is 0.811 bits per heavy atom. The van der Waals surface area contributed by atoms with E-state index in [1.165, 1.54) is 0 Å². The summed E-state index contributed by atoms with van der Waals surface area (Å²) in [4.78, 5) is 37.7. The fourth-order valence-electron chi connectivity index (χ4n) is 4.81. The van der Waals surface area contributed by atoms with Crippen LogP contribution in [0.25, 0.3) is 11.1 Å². The summed E-state index contributed by atoms with van der Waals surface area (Å²) >= 11 is 0. The van der Waals surface area contributed by atoms with Crippen molar-refractivity contribution in [3.63, 3.8) is 0 Å². The Bertz CT molecular complexity index is 1210. The number of aliphatic carboxylic acids is 1. The number of amides is 2. The maximum absolute atomic E-state index is 13.1. The Morgan fingerprint density at radius 3 is 1.95 bits per heavy atom. The van der Waals surface area contributed by atoms with Crippen LogP contribution >= 0.6 is 0 Å². The van der Waals surface area contributed by atoms with Crippen LogP contribution in [0.5, 0.6) is 0 Å². The maximum Gasteiger partial charge on any atom is 0.407 e. The van der Waals surface area contributed by atoms with Crippen molar-refractivity contribution in [2.45, 2.75) is 44.7 Å². The highest BCUT2D eigenvalue weighted by atomic mass is 16.5. The van der Waals surface area contributed by atoms with Gasteiger partial charge in [0.05, 0.1) is 0 Å². The summed E-state index contributed by atoms with van der Waals surface area (Å²) in [5.74, 6) is -1.70. The number of benzene rings is 3. The van der Waals surface area contributed by atoms with Gasteiger partial charge in [-0.05, 0) is 40.2 Å². The zero-order valence-electron chi connectivity index (χ0n) is 21.0. The number of carboxylic acid groups (broad SMARTS) is 1. The number of fused-ring (bicyclic) bond motifs is 3. The van der Waals surface area contributed by atoms with Gasteiger partial charge < -0.3 is 20.5 Å². The molecule has 4 rings (SSSR count). The Kier molecular flexibility index (Phi) is 8.23. The lowest BCUT2D eigenvalue weighted by atomic mass is 9.98. The number of ether oxygens (including phenoxy) is 1. The third-order valence-electron chi connectivity index (χ3n) is 6.56. The molecule has 192 valence electrons. The average molecular weight is 501 g/mol. The highest BCUT2D eigenvalue weighted by molar-refractivity contribution is 5.89. The molecule has 0 heterocycles. The van der Waals surface area contributed by atoms with Crippen molar-refractivity contribution in [2.24, 2.45) is 5.92 Å². The van der Waals surface area contributed by atoms with Gasteiger partial charge in [-0.25, -0.2) is 9.59 Å². The standard InChI is InChI=1S/C30H32N2O5/c1-19(2)16-26(28(33)31-27(29(34)35)17-20-10-4-3-5-11-20)32-30(36)37-18-25-23-14-8-6-12-21(23)22-13-7-9-15-24(22)25/h3-15,19,25-27H,16-18H2,1-2H3,(H,31,33)(H,32,36)(H,34,35)/t26-,27-/m0/s1. The van der Waals surface area contributed by atoms with Gasteiger partial charge >= 0.3 is 12.1 Å². The third kappa shape index (κ3) is 6.36. The Balaban J connectivity index is 1.41. The van der Waals surface area contributed by atoms with E-state index in [9.17, 15) is 19.5 Å². The van der Waals surface area contributed by atoms with E-state index in [-0.39, 0.29) is 24.9 Å². The molecule has 37 heavy (non-hydrogen) atoms. The van der Waals surface area contributed by atoms with Crippen molar-refractivity contribution < 1.29 is 24.2 Å². The average Bonchev–Trinajstić information content (AvgIpc) is 3.20. The van der Waals surface area contributed by atoms with Crippen LogP contribution < -0.4 is 10.6 Å². The maximum atomic E-state index is 13.1. The summed E-state index contributed by atoms with van der Waals surface area (Å²) in [5.41, 5.74) is 5.24. The van der Waals surface area contributed by atoms with Gasteiger partial charge in [-0.3, -0.25) is 4.79 Å². The largest absolute Gasteiger partial charge is 0.480 e. The molecule has 3 N–H and O–H groups in total. The molecule has 0 saturated heterocycles. The monoisotopic (exact) mass is 500 g/mol. The van der Waals surface area contributed by atoms with Crippen molar-refractivity contribution >= 4 is 18.0 Å². The predicted octanol–water partition coefficient (Wildman–Crippen LogP) is 4.75. The van der Waals surface area contributed by atoms with Gasteiger partial charge in [0.2, 0.25) is 5.91 Å². The van der Waals surface area contributed by atoms with Crippen LogP contribution in [0, 0.1) is 5.92 Å². The minimum Gasteiger partial charge on any atom is -0.480 e. The summed E-state index contributed by atoms with van der Waals surface area (Å²) in [6, 6.07) is 23.2. The van der Waals surface area contributed by atoms with Crippen LogP contribution in [0.1, 0.15) is 42.9 Å².